The summed E-state index contributed by atoms with van der Waals surface area (Å²) in [5, 5.41) is 13.3. The summed E-state index contributed by atoms with van der Waals surface area (Å²) >= 11 is 0. The first kappa shape index (κ1) is 22.9. The fourth-order valence-corrected chi connectivity index (χ4v) is 4.91. The summed E-state index contributed by atoms with van der Waals surface area (Å²) in [6.45, 7) is 4.71. The quantitative estimate of drug-likeness (QED) is 0.525. The molecular formula is C28H33N3O2. The monoisotopic (exact) mass is 443 g/mol. The third-order valence-electron chi connectivity index (χ3n) is 6.70. The number of anilines is 1. The van der Waals surface area contributed by atoms with Crippen LogP contribution in [-0.4, -0.2) is 35.5 Å². The number of phenols is 1. The Morgan fingerprint density at radius 1 is 1.09 bits per heavy atom. The van der Waals surface area contributed by atoms with Crippen molar-refractivity contribution >= 4 is 11.6 Å². The van der Waals surface area contributed by atoms with E-state index in [9.17, 15) is 9.90 Å². The SMILES string of the molecule is Cc1cc(O)cc(C)c1CC(N)C(=O)N(C)C1CCNc2ccc(Cc3ccccc3)cc21. The standard InChI is InChI=1S/C28H33N3O2/c1-18-13-22(32)14-19(2)23(18)17-25(29)28(33)31(3)27-11-12-30-26-10-9-21(16-24(26)27)15-20-7-5-4-6-8-20/h4-10,13-14,16,25,27,30,32H,11-12,15,17,29H2,1-3H3. The lowest BCUT2D eigenvalue weighted by atomic mass is 9.92. The molecule has 0 bridgehead atoms. The van der Waals surface area contributed by atoms with E-state index < -0.39 is 6.04 Å². The molecule has 3 aromatic carbocycles. The van der Waals surface area contributed by atoms with Crippen LogP contribution < -0.4 is 11.1 Å². The number of hydrogen-bond acceptors (Lipinski definition) is 4. The average molecular weight is 444 g/mol. The molecule has 5 heteroatoms. The average Bonchev–Trinajstić information content (AvgIpc) is 2.80. The third-order valence-corrected chi connectivity index (χ3v) is 6.70. The Bertz CT molecular complexity index is 1120. The van der Waals surface area contributed by atoms with Gasteiger partial charge in [0.2, 0.25) is 5.91 Å². The third kappa shape index (κ3) is 5.04. The van der Waals surface area contributed by atoms with Crippen LogP contribution in [0.3, 0.4) is 0 Å². The van der Waals surface area contributed by atoms with E-state index in [0.717, 1.165) is 47.3 Å². The summed E-state index contributed by atoms with van der Waals surface area (Å²) in [6.07, 6.45) is 2.15. The molecule has 0 saturated heterocycles. The number of aromatic hydroxyl groups is 1. The molecule has 2 unspecified atom stereocenters. The highest BCUT2D eigenvalue weighted by Crippen LogP contribution is 2.35. The zero-order valence-corrected chi connectivity index (χ0v) is 19.6. The molecule has 5 nitrogen and oxygen atoms in total. The Kier molecular flexibility index (Phi) is 6.70. The van der Waals surface area contributed by atoms with E-state index >= 15 is 0 Å². The number of benzene rings is 3. The van der Waals surface area contributed by atoms with Gasteiger partial charge in [-0.1, -0.05) is 42.5 Å². The van der Waals surface area contributed by atoms with Crippen LogP contribution in [0, 0.1) is 13.8 Å². The van der Waals surface area contributed by atoms with Crippen molar-refractivity contribution in [1.82, 2.24) is 4.90 Å². The molecule has 0 spiro atoms. The van der Waals surface area contributed by atoms with E-state index in [-0.39, 0.29) is 17.7 Å². The van der Waals surface area contributed by atoms with Gasteiger partial charge in [0.25, 0.3) is 0 Å². The molecule has 0 fully saturated rings. The van der Waals surface area contributed by atoms with Crippen LogP contribution in [-0.2, 0) is 17.6 Å². The minimum absolute atomic E-state index is 0.0162. The first-order valence-electron chi connectivity index (χ1n) is 11.6. The summed E-state index contributed by atoms with van der Waals surface area (Å²) in [6, 6.07) is 19.7. The predicted octanol–water partition coefficient (Wildman–Crippen LogP) is 4.48. The molecule has 4 N–H and O–H groups in total. The summed E-state index contributed by atoms with van der Waals surface area (Å²) < 4.78 is 0. The van der Waals surface area contributed by atoms with E-state index in [1.54, 1.807) is 12.1 Å². The molecule has 1 amide bonds. The highest BCUT2D eigenvalue weighted by Gasteiger charge is 2.30. The van der Waals surface area contributed by atoms with Gasteiger partial charge in [0.15, 0.2) is 0 Å². The Hall–Kier alpha value is -3.31. The number of phenolic OH excluding ortho intramolecular Hbond substituents is 1. The molecule has 2 atom stereocenters. The topological polar surface area (TPSA) is 78.6 Å². The molecule has 4 rings (SSSR count). The van der Waals surface area contributed by atoms with Crippen LogP contribution >= 0.6 is 0 Å². The number of likely N-dealkylation sites (N-methyl/N-ethyl adjacent to an activating group) is 1. The second-order valence-corrected chi connectivity index (χ2v) is 9.13. The maximum absolute atomic E-state index is 13.4. The molecule has 0 aromatic heterocycles. The van der Waals surface area contributed by atoms with E-state index in [1.165, 1.54) is 11.1 Å². The maximum atomic E-state index is 13.4. The van der Waals surface area contributed by atoms with Crippen molar-refractivity contribution in [3.8, 4) is 5.75 Å². The van der Waals surface area contributed by atoms with Gasteiger partial charge in [-0.05, 0) is 84.7 Å². The summed E-state index contributed by atoms with van der Waals surface area (Å²) in [4.78, 5) is 15.2. The molecule has 0 aliphatic carbocycles. The zero-order chi connectivity index (χ0) is 23.5. The highest BCUT2D eigenvalue weighted by atomic mass is 16.3. The lowest BCUT2D eigenvalue weighted by Crippen LogP contribution is -2.45. The highest BCUT2D eigenvalue weighted by molar-refractivity contribution is 5.82. The van der Waals surface area contributed by atoms with E-state index in [2.05, 4.69) is 47.8 Å². The fraction of sp³-hybridized carbons (Fsp3) is 0.321. The second-order valence-electron chi connectivity index (χ2n) is 9.13. The van der Waals surface area contributed by atoms with Crippen molar-refractivity contribution in [3.63, 3.8) is 0 Å². The number of carbonyl (C=O) groups is 1. The van der Waals surface area contributed by atoms with Crippen molar-refractivity contribution < 1.29 is 9.90 Å². The number of nitrogens with two attached hydrogens (primary N) is 1. The zero-order valence-electron chi connectivity index (χ0n) is 19.6. The van der Waals surface area contributed by atoms with E-state index in [0.29, 0.717) is 6.42 Å². The number of carbonyl (C=O) groups excluding carboxylic acids is 1. The minimum atomic E-state index is -0.636. The Morgan fingerprint density at radius 2 is 1.79 bits per heavy atom. The van der Waals surface area contributed by atoms with Gasteiger partial charge in [0, 0.05) is 19.3 Å². The van der Waals surface area contributed by atoms with Gasteiger partial charge in [-0.25, -0.2) is 0 Å². The van der Waals surface area contributed by atoms with Crippen LogP contribution in [0.25, 0.3) is 0 Å². The number of hydrogen-bond donors (Lipinski definition) is 3. The van der Waals surface area contributed by atoms with E-state index in [1.807, 2.05) is 31.9 Å². The molecule has 0 saturated carbocycles. The van der Waals surface area contributed by atoms with Crippen molar-refractivity contribution in [1.29, 1.82) is 0 Å². The normalized spacial score (nSPS) is 15.9. The summed E-state index contributed by atoms with van der Waals surface area (Å²) in [5.74, 6) is 0.177. The molecule has 0 radical (unpaired) electrons. The molecule has 3 aromatic rings. The summed E-state index contributed by atoms with van der Waals surface area (Å²) in [5.41, 5.74) is 14.1. The van der Waals surface area contributed by atoms with Crippen LogP contribution in [0.5, 0.6) is 5.75 Å². The molecule has 1 aliphatic heterocycles. The Labute approximate surface area is 196 Å². The molecule has 33 heavy (non-hydrogen) atoms. The van der Waals surface area contributed by atoms with Gasteiger partial charge >= 0.3 is 0 Å². The number of fused-ring (bicyclic) bond motifs is 1. The Morgan fingerprint density at radius 3 is 2.48 bits per heavy atom. The van der Waals surface area contributed by atoms with Crippen molar-refractivity contribution in [3.05, 3.63) is 94.0 Å². The maximum Gasteiger partial charge on any atom is 0.240 e. The second kappa shape index (κ2) is 9.67. The number of aryl methyl sites for hydroxylation is 2. The fourth-order valence-electron chi connectivity index (χ4n) is 4.91. The van der Waals surface area contributed by atoms with Gasteiger partial charge in [-0.3, -0.25) is 4.79 Å². The molecular weight excluding hydrogens is 410 g/mol. The van der Waals surface area contributed by atoms with Crippen molar-refractivity contribution in [2.45, 2.75) is 45.2 Å². The largest absolute Gasteiger partial charge is 0.508 e. The van der Waals surface area contributed by atoms with E-state index in [4.69, 9.17) is 5.73 Å². The number of rotatable bonds is 6. The van der Waals surface area contributed by atoms with Gasteiger partial charge < -0.3 is 21.1 Å². The smallest absolute Gasteiger partial charge is 0.240 e. The van der Waals surface area contributed by atoms with Crippen LogP contribution in [0.1, 0.15) is 45.8 Å². The van der Waals surface area contributed by atoms with Crippen molar-refractivity contribution in [2.75, 3.05) is 18.9 Å². The van der Waals surface area contributed by atoms with Gasteiger partial charge in [0.1, 0.15) is 5.75 Å². The van der Waals surface area contributed by atoms with Gasteiger partial charge in [0.05, 0.1) is 12.1 Å². The lowest BCUT2D eigenvalue weighted by Gasteiger charge is -2.35. The molecule has 1 aliphatic rings. The first-order valence-corrected chi connectivity index (χ1v) is 11.6. The van der Waals surface area contributed by atoms with Gasteiger partial charge in [-0.2, -0.15) is 0 Å². The van der Waals surface area contributed by atoms with Crippen LogP contribution in [0.15, 0.2) is 60.7 Å². The van der Waals surface area contributed by atoms with Crippen molar-refractivity contribution in [2.24, 2.45) is 5.73 Å². The number of nitrogens with zero attached hydrogens (tertiary/aromatic N) is 1. The summed E-state index contributed by atoms with van der Waals surface area (Å²) in [7, 11) is 1.86. The van der Waals surface area contributed by atoms with Crippen LogP contribution in [0.4, 0.5) is 5.69 Å². The lowest BCUT2D eigenvalue weighted by molar-refractivity contribution is -0.133. The minimum Gasteiger partial charge on any atom is -0.508 e. The van der Waals surface area contributed by atoms with Crippen LogP contribution in [0.2, 0.25) is 0 Å². The van der Waals surface area contributed by atoms with Gasteiger partial charge in [-0.15, -0.1) is 0 Å². The molecule has 172 valence electrons. The number of nitrogens with one attached hydrogen (secondary N) is 1. The number of amides is 1. The molecule has 1 heterocycles. The Balaban J connectivity index is 1.53. The first-order chi connectivity index (χ1) is 15.8. The predicted molar refractivity (Wildman–Crippen MR) is 134 cm³/mol.